The molecule has 0 spiro atoms. The predicted octanol–water partition coefficient (Wildman–Crippen LogP) is 3.21. The van der Waals surface area contributed by atoms with Crippen molar-refractivity contribution < 1.29 is 18.8 Å². The van der Waals surface area contributed by atoms with E-state index in [2.05, 4.69) is 36.3 Å². The Morgan fingerprint density at radius 2 is 1.59 bits per heavy atom. The van der Waals surface area contributed by atoms with Crippen LogP contribution in [0.5, 0.6) is 0 Å². The molecule has 0 bridgehead atoms. The summed E-state index contributed by atoms with van der Waals surface area (Å²) in [6.45, 7) is 11.2. The molecule has 2 heterocycles. The van der Waals surface area contributed by atoms with Crippen molar-refractivity contribution in [1.82, 2.24) is 15.1 Å². The van der Waals surface area contributed by atoms with Crippen molar-refractivity contribution in [2.45, 2.75) is 27.2 Å². The van der Waals surface area contributed by atoms with Gasteiger partial charge in [-0.1, -0.05) is 26.8 Å². The number of carbonyl (C=O) groups excluding carboxylic acids is 3. The maximum Gasteiger partial charge on any atom is 0.255 e. The fourth-order valence-electron chi connectivity index (χ4n) is 4.68. The van der Waals surface area contributed by atoms with Gasteiger partial charge in [0.1, 0.15) is 5.82 Å². The van der Waals surface area contributed by atoms with Gasteiger partial charge in [0, 0.05) is 69.9 Å². The molecule has 0 unspecified atom stereocenters. The van der Waals surface area contributed by atoms with Crippen molar-refractivity contribution in [3.63, 3.8) is 0 Å². The third-order valence-corrected chi connectivity index (χ3v) is 6.64. The molecule has 4 rings (SSSR count). The van der Waals surface area contributed by atoms with Crippen LogP contribution in [0.25, 0.3) is 0 Å². The highest BCUT2D eigenvalue weighted by Crippen LogP contribution is 2.30. The monoisotopic (exact) mass is 509 g/mol. The first-order valence-corrected chi connectivity index (χ1v) is 12.8. The van der Waals surface area contributed by atoms with Crippen molar-refractivity contribution in [3.8, 4) is 0 Å². The Bertz CT molecular complexity index is 1150. The fourth-order valence-corrected chi connectivity index (χ4v) is 4.68. The summed E-state index contributed by atoms with van der Waals surface area (Å²) in [4.78, 5) is 44.6. The first kappa shape index (κ1) is 26.6. The van der Waals surface area contributed by atoms with E-state index in [4.69, 9.17) is 0 Å². The topological polar surface area (TPSA) is 85.0 Å². The zero-order valence-corrected chi connectivity index (χ0v) is 21.8. The lowest BCUT2D eigenvalue weighted by Gasteiger charge is -2.38. The van der Waals surface area contributed by atoms with Gasteiger partial charge >= 0.3 is 0 Å². The molecule has 0 aliphatic carbocycles. The highest BCUT2D eigenvalue weighted by molar-refractivity contribution is 6.07. The van der Waals surface area contributed by atoms with Gasteiger partial charge in [-0.25, -0.2) is 4.39 Å². The number of benzene rings is 2. The van der Waals surface area contributed by atoms with Gasteiger partial charge in [0.2, 0.25) is 5.91 Å². The number of carbonyl (C=O) groups is 3. The summed E-state index contributed by atoms with van der Waals surface area (Å²) in [5, 5.41) is 6.14. The molecular weight excluding hydrogens is 473 g/mol. The van der Waals surface area contributed by atoms with Gasteiger partial charge in [0.25, 0.3) is 11.8 Å². The van der Waals surface area contributed by atoms with E-state index in [9.17, 15) is 18.8 Å². The van der Waals surface area contributed by atoms with Crippen molar-refractivity contribution in [2.75, 3.05) is 62.6 Å². The van der Waals surface area contributed by atoms with Crippen LogP contribution >= 0.6 is 0 Å². The molecule has 0 atom stereocenters. The third kappa shape index (κ3) is 6.85. The molecule has 37 heavy (non-hydrogen) atoms. The quantitative estimate of drug-likeness (QED) is 0.647. The zero-order valence-electron chi connectivity index (χ0n) is 21.8. The number of amides is 3. The van der Waals surface area contributed by atoms with E-state index >= 15 is 0 Å². The highest BCUT2D eigenvalue weighted by Gasteiger charge is 2.27. The van der Waals surface area contributed by atoms with E-state index in [1.54, 1.807) is 23.1 Å². The number of hydrogen-bond acceptors (Lipinski definition) is 5. The van der Waals surface area contributed by atoms with Crippen molar-refractivity contribution in [2.24, 2.45) is 5.41 Å². The van der Waals surface area contributed by atoms with Gasteiger partial charge in [-0.05, 0) is 41.8 Å². The summed E-state index contributed by atoms with van der Waals surface area (Å²) < 4.78 is 13.7. The molecule has 9 heteroatoms. The lowest BCUT2D eigenvalue weighted by Crippen LogP contribution is -2.49. The summed E-state index contributed by atoms with van der Waals surface area (Å²) in [5.74, 6) is -0.895. The number of hydrogen-bond donors (Lipinski definition) is 2. The Morgan fingerprint density at radius 3 is 2.24 bits per heavy atom. The second kappa shape index (κ2) is 11.3. The van der Waals surface area contributed by atoms with Crippen molar-refractivity contribution in [1.29, 1.82) is 0 Å². The molecule has 0 aromatic heterocycles. The molecule has 2 saturated heterocycles. The number of anilines is 2. The smallest absolute Gasteiger partial charge is 0.255 e. The van der Waals surface area contributed by atoms with E-state index in [1.807, 2.05) is 11.0 Å². The number of halogens is 1. The summed E-state index contributed by atoms with van der Waals surface area (Å²) in [7, 11) is 0. The maximum absolute atomic E-state index is 13.7. The van der Waals surface area contributed by atoms with Gasteiger partial charge in [-0.15, -0.1) is 0 Å². The normalized spacial score (nSPS) is 16.5. The molecule has 2 aromatic rings. The van der Waals surface area contributed by atoms with Gasteiger partial charge in [0.15, 0.2) is 0 Å². The van der Waals surface area contributed by atoms with E-state index in [0.717, 1.165) is 18.8 Å². The van der Waals surface area contributed by atoms with Crippen LogP contribution in [-0.2, 0) is 4.79 Å². The first-order valence-electron chi connectivity index (χ1n) is 12.8. The molecule has 2 N–H and O–H groups in total. The number of nitrogens with one attached hydrogen (secondary N) is 2. The highest BCUT2D eigenvalue weighted by atomic mass is 19.1. The van der Waals surface area contributed by atoms with Crippen LogP contribution in [0, 0.1) is 11.2 Å². The van der Waals surface area contributed by atoms with E-state index in [0.29, 0.717) is 56.9 Å². The van der Waals surface area contributed by atoms with Crippen LogP contribution in [0.4, 0.5) is 15.8 Å². The van der Waals surface area contributed by atoms with Crippen LogP contribution in [0.2, 0.25) is 0 Å². The SMILES string of the molecule is CC(C)(C)CC(=O)N1CCN(c2ccc(C(=O)N3CCNCC3)cc2NC(=O)c2cccc(F)c2)CC1. The Labute approximate surface area is 217 Å². The molecule has 2 aromatic carbocycles. The zero-order chi connectivity index (χ0) is 26.6. The summed E-state index contributed by atoms with van der Waals surface area (Å²) in [5.41, 5.74) is 1.87. The molecule has 0 saturated carbocycles. The maximum atomic E-state index is 13.7. The summed E-state index contributed by atoms with van der Waals surface area (Å²) in [6, 6.07) is 10.8. The summed E-state index contributed by atoms with van der Waals surface area (Å²) >= 11 is 0. The van der Waals surface area contributed by atoms with E-state index in [1.165, 1.54) is 18.2 Å². The summed E-state index contributed by atoms with van der Waals surface area (Å²) in [6.07, 6.45) is 0.491. The average Bonchev–Trinajstić information content (AvgIpc) is 2.88. The first-order chi connectivity index (χ1) is 17.6. The molecular formula is C28H36FN5O3. The molecule has 2 aliphatic heterocycles. The van der Waals surface area contributed by atoms with Crippen LogP contribution in [0.15, 0.2) is 42.5 Å². The standard InChI is InChI=1S/C28H36FN5O3/c1-28(2,3)19-25(35)33-15-13-32(14-16-33)24-8-7-21(27(37)34-11-9-30-10-12-34)18-23(24)31-26(36)20-5-4-6-22(29)17-20/h4-8,17-18,30H,9-16,19H2,1-3H3,(H,31,36). The van der Waals surface area contributed by atoms with Crippen molar-refractivity contribution >= 4 is 29.1 Å². The molecule has 198 valence electrons. The number of rotatable bonds is 5. The molecule has 2 aliphatic rings. The minimum atomic E-state index is -0.494. The lowest BCUT2D eigenvalue weighted by molar-refractivity contribution is -0.133. The predicted molar refractivity (Wildman–Crippen MR) is 142 cm³/mol. The average molecular weight is 510 g/mol. The van der Waals surface area contributed by atoms with Gasteiger partial charge in [0.05, 0.1) is 11.4 Å². The van der Waals surface area contributed by atoms with Crippen LogP contribution < -0.4 is 15.5 Å². The van der Waals surface area contributed by atoms with Crippen molar-refractivity contribution in [3.05, 3.63) is 59.4 Å². The van der Waals surface area contributed by atoms with Gasteiger partial charge in [-0.2, -0.15) is 0 Å². The molecule has 2 fully saturated rings. The van der Waals surface area contributed by atoms with Gasteiger partial charge in [-0.3, -0.25) is 14.4 Å². The van der Waals surface area contributed by atoms with E-state index in [-0.39, 0.29) is 22.8 Å². The van der Waals surface area contributed by atoms with E-state index < -0.39 is 11.7 Å². The van der Waals surface area contributed by atoms with Gasteiger partial charge < -0.3 is 25.3 Å². The lowest BCUT2D eigenvalue weighted by atomic mass is 9.91. The minimum absolute atomic E-state index is 0.0740. The molecule has 3 amide bonds. The number of nitrogens with zero attached hydrogens (tertiary/aromatic N) is 3. The molecule has 8 nitrogen and oxygen atoms in total. The number of piperazine rings is 2. The Kier molecular flexibility index (Phi) is 8.12. The second-order valence-electron chi connectivity index (χ2n) is 10.8. The Morgan fingerprint density at radius 1 is 0.892 bits per heavy atom. The fraction of sp³-hybridized carbons (Fsp3) is 0.464. The minimum Gasteiger partial charge on any atom is -0.366 e. The van der Waals surface area contributed by atoms with Crippen LogP contribution in [0.3, 0.4) is 0 Å². The van der Waals surface area contributed by atoms with Crippen LogP contribution in [0.1, 0.15) is 47.9 Å². The van der Waals surface area contributed by atoms with Crippen LogP contribution in [-0.4, -0.2) is 79.9 Å². The second-order valence-corrected chi connectivity index (χ2v) is 10.8. The largest absolute Gasteiger partial charge is 0.366 e. The molecule has 0 radical (unpaired) electrons. The third-order valence-electron chi connectivity index (χ3n) is 6.64. The Balaban J connectivity index is 1.56. The Hall–Kier alpha value is -3.46.